The number of carbonyl (C=O) groups excluding carboxylic acids is 4. The number of nitrogens with one attached hydrogen (secondary N) is 2. The highest BCUT2D eigenvalue weighted by Gasteiger charge is 2.45. The van der Waals surface area contributed by atoms with E-state index in [1.807, 2.05) is 24.3 Å². The molecule has 2 atom stereocenters. The van der Waals surface area contributed by atoms with Crippen molar-refractivity contribution in [1.82, 2.24) is 35.1 Å². The number of piperazine rings is 2. The van der Waals surface area contributed by atoms with Crippen molar-refractivity contribution in [3.63, 3.8) is 0 Å². The highest BCUT2D eigenvalue weighted by Crippen LogP contribution is 2.37. The van der Waals surface area contributed by atoms with Crippen LogP contribution in [0.15, 0.2) is 48.5 Å². The van der Waals surface area contributed by atoms with Gasteiger partial charge < -0.3 is 25.1 Å². The van der Waals surface area contributed by atoms with E-state index in [9.17, 15) is 24.3 Å². The molecule has 4 fully saturated rings. The Kier molecular flexibility index (Phi) is 9.60. The molecule has 3 N–H and O–H groups in total. The molecule has 0 saturated carbocycles. The number of phenolic OH excluding ortho intramolecular Hbond substituents is 1. The van der Waals surface area contributed by atoms with Crippen LogP contribution in [0.5, 0.6) is 5.75 Å². The van der Waals surface area contributed by atoms with E-state index in [0.29, 0.717) is 34.5 Å². The number of piperidine rings is 2. The van der Waals surface area contributed by atoms with Crippen LogP contribution in [0.3, 0.4) is 0 Å². The van der Waals surface area contributed by atoms with Crippen molar-refractivity contribution in [3.8, 4) is 17.0 Å². The summed E-state index contributed by atoms with van der Waals surface area (Å²) in [5.74, 6) is -0.886. The molecular weight excluding hydrogens is 701 g/mol. The fourth-order valence-electron chi connectivity index (χ4n) is 9.38. The third-order valence-electron chi connectivity index (χ3n) is 12.5. The number of benzene rings is 2. The van der Waals surface area contributed by atoms with Crippen LogP contribution in [0.4, 0.5) is 17.2 Å². The summed E-state index contributed by atoms with van der Waals surface area (Å²) in [6.45, 7) is 11.8. The Balaban J connectivity index is 0.709. The average Bonchev–Trinajstić information content (AvgIpc) is 3.46. The minimum Gasteiger partial charge on any atom is -0.507 e. The highest BCUT2D eigenvalue weighted by atomic mass is 16.3. The van der Waals surface area contributed by atoms with Crippen LogP contribution in [0.1, 0.15) is 52.8 Å². The molecule has 15 nitrogen and oxygen atoms in total. The second kappa shape index (κ2) is 14.8. The van der Waals surface area contributed by atoms with Gasteiger partial charge in [0.2, 0.25) is 11.8 Å². The van der Waals surface area contributed by atoms with Crippen molar-refractivity contribution in [2.75, 3.05) is 93.7 Å². The fraction of sp³-hybridized carbons (Fsp3) is 0.500. The van der Waals surface area contributed by atoms with Gasteiger partial charge in [-0.25, -0.2) is 0 Å². The van der Waals surface area contributed by atoms with Gasteiger partial charge in [-0.1, -0.05) is 12.1 Å². The van der Waals surface area contributed by atoms with Crippen LogP contribution in [-0.2, 0) is 9.59 Å². The molecule has 288 valence electrons. The zero-order valence-corrected chi connectivity index (χ0v) is 31.0. The molecule has 0 spiro atoms. The van der Waals surface area contributed by atoms with Gasteiger partial charge in [-0.2, -0.15) is 0 Å². The molecule has 4 saturated heterocycles. The molecule has 15 heteroatoms. The third kappa shape index (κ3) is 6.89. The number of aromatic nitrogens is 2. The van der Waals surface area contributed by atoms with E-state index in [0.717, 1.165) is 107 Å². The molecular formula is C40H48N10O5. The minimum atomic E-state index is -0.956. The molecule has 6 aliphatic rings. The first kappa shape index (κ1) is 35.6. The number of hydrogen-bond acceptors (Lipinski definition) is 13. The van der Waals surface area contributed by atoms with E-state index in [-0.39, 0.29) is 24.5 Å². The van der Waals surface area contributed by atoms with Gasteiger partial charge in [0.1, 0.15) is 11.8 Å². The Morgan fingerprint density at radius 2 is 1.51 bits per heavy atom. The van der Waals surface area contributed by atoms with Crippen molar-refractivity contribution in [2.24, 2.45) is 0 Å². The van der Waals surface area contributed by atoms with Gasteiger partial charge in [-0.15, -0.1) is 10.2 Å². The number of likely N-dealkylation sites (tertiary alicyclic amines) is 1. The monoisotopic (exact) mass is 748 g/mol. The number of fused-ring (bicyclic) bond motifs is 4. The van der Waals surface area contributed by atoms with E-state index in [2.05, 4.69) is 51.4 Å². The molecule has 3 aromatic rings. The maximum Gasteiger partial charge on any atom is 0.262 e. The average molecular weight is 749 g/mol. The van der Waals surface area contributed by atoms with E-state index in [1.54, 1.807) is 18.2 Å². The van der Waals surface area contributed by atoms with E-state index >= 15 is 0 Å². The lowest BCUT2D eigenvalue weighted by atomic mass is 9.99. The van der Waals surface area contributed by atoms with E-state index < -0.39 is 23.8 Å². The van der Waals surface area contributed by atoms with Gasteiger partial charge in [0.15, 0.2) is 5.82 Å². The molecule has 1 unspecified atom stereocenters. The molecule has 0 aliphatic carbocycles. The van der Waals surface area contributed by atoms with Crippen LogP contribution in [0.25, 0.3) is 11.3 Å². The van der Waals surface area contributed by atoms with Crippen LogP contribution in [-0.4, -0.2) is 155 Å². The molecule has 4 amide bonds. The molecule has 9 rings (SSSR count). The van der Waals surface area contributed by atoms with Gasteiger partial charge in [-0.3, -0.25) is 39.2 Å². The number of aromatic hydroxyl groups is 1. The summed E-state index contributed by atoms with van der Waals surface area (Å²) in [4.78, 5) is 64.0. The van der Waals surface area contributed by atoms with Gasteiger partial charge >= 0.3 is 0 Å². The van der Waals surface area contributed by atoms with Crippen molar-refractivity contribution in [2.45, 2.75) is 50.2 Å². The Morgan fingerprint density at radius 1 is 0.745 bits per heavy atom. The van der Waals surface area contributed by atoms with Gasteiger partial charge in [0.05, 0.1) is 28.6 Å². The predicted molar refractivity (Wildman–Crippen MR) is 206 cm³/mol. The lowest BCUT2D eigenvalue weighted by molar-refractivity contribution is -0.136. The number of anilines is 3. The molecule has 6 aliphatic heterocycles. The number of para-hydroxylation sites is 1. The molecule has 2 aromatic carbocycles. The normalized spacial score (nSPS) is 24.0. The summed E-state index contributed by atoms with van der Waals surface area (Å²) >= 11 is 0. The van der Waals surface area contributed by atoms with Crippen molar-refractivity contribution in [3.05, 3.63) is 59.7 Å². The predicted octanol–water partition coefficient (Wildman–Crippen LogP) is 1.84. The summed E-state index contributed by atoms with van der Waals surface area (Å²) in [5, 5.41) is 25.0. The maximum absolute atomic E-state index is 13.3. The number of hydrogen-bond donors (Lipinski definition) is 3. The SMILES string of the molecule is O=C1CCC(N2C(=O)c3ccc(N4CCN(CCCN5CCC(N6CCN7c8cc(-c9ccccc9O)nnc8NC[C@H]7C6)CC5)CC4)cc3C2=O)C(=O)N1. The van der Waals surface area contributed by atoms with Crippen LogP contribution in [0.2, 0.25) is 0 Å². The molecule has 1 aromatic heterocycles. The number of imide groups is 2. The maximum atomic E-state index is 13.3. The van der Waals surface area contributed by atoms with Gasteiger partial charge in [-0.05, 0) is 88.3 Å². The zero-order chi connectivity index (χ0) is 37.6. The smallest absolute Gasteiger partial charge is 0.262 e. The summed E-state index contributed by atoms with van der Waals surface area (Å²) in [6.07, 6.45) is 3.77. The topological polar surface area (TPSA) is 158 Å². The Bertz CT molecular complexity index is 1990. The van der Waals surface area contributed by atoms with Crippen molar-refractivity contribution < 1.29 is 24.3 Å². The first-order valence-electron chi connectivity index (χ1n) is 19.8. The molecule has 7 heterocycles. The van der Waals surface area contributed by atoms with Crippen LogP contribution in [0, 0.1) is 0 Å². The largest absolute Gasteiger partial charge is 0.507 e. The number of phenols is 1. The summed E-state index contributed by atoms with van der Waals surface area (Å²) in [6, 6.07) is 14.7. The molecule has 55 heavy (non-hydrogen) atoms. The zero-order valence-electron chi connectivity index (χ0n) is 31.0. The van der Waals surface area contributed by atoms with Crippen LogP contribution >= 0.6 is 0 Å². The van der Waals surface area contributed by atoms with E-state index in [1.165, 1.54) is 12.8 Å². The molecule has 0 bridgehead atoms. The number of carbonyl (C=O) groups is 4. The number of amides is 4. The molecule has 0 radical (unpaired) electrons. The Labute approximate surface area is 320 Å². The third-order valence-corrected chi connectivity index (χ3v) is 12.5. The first-order valence-corrected chi connectivity index (χ1v) is 19.8. The number of nitrogens with zero attached hydrogens (tertiary/aromatic N) is 8. The lowest BCUT2D eigenvalue weighted by Gasteiger charge is -2.49. The second-order valence-electron chi connectivity index (χ2n) is 15.6. The Hall–Kier alpha value is -5.12. The van der Waals surface area contributed by atoms with Crippen molar-refractivity contribution in [1.29, 1.82) is 0 Å². The summed E-state index contributed by atoms with van der Waals surface area (Å²) < 4.78 is 0. The van der Waals surface area contributed by atoms with Gasteiger partial charge in [0, 0.05) is 76.1 Å². The van der Waals surface area contributed by atoms with Crippen LogP contribution < -0.4 is 20.4 Å². The number of rotatable bonds is 8. The lowest BCUT2D eigenvalue weighted by Crippen LogP contribution is -2.61. The standard InChI is InChI=1S/C40H48N10O5/c51-35-5-2-1-4-30(35)32-23-34-37(44-43-32)41-24-28-25-48(20-21-49(28)34)26-10-14-45(15-11-26)12-3-13-46-16-18-47(19-17-46)27-6-7-29-31(22-27)40(55)50(39(29)54)33-8-9-36(52)42-38(33)53/h1-2,4-7,22-23,26,28,33,51H,3,8-21,24-25H2,(H,41,44)(H,42,52,53)/t28-,33?/m0/s1. The first-order chi connectivity index (χ1) is 26.8. The van der Waals surface area contributed by atoms with E-state index in [4.69, 9.17) is 0 Å². The second-order valence-corrected chi connectivity index (χ2v) is 15.6. The van der Waals surface area contributed by atoms with Crippen molar-refractivity contribution >= 4 is 40.8 Å². The highest BCUT2D eigenvalue weighted by molar-refractivity contribution is 6.23. The fourth-order valence-corrected chi connectivity index (χ4v) is 9.38. The summed E-state index contributed by atoms with van der Waals surface area (Å²) in [7, 11) is 0. The quantitative estimate of drug-likeness (QED) is 0.287. The summed E-state index contributed by atoms with van der Waals surface area (Å²) in [5.41, 5.74) is 4.00. The minimum absolute atomic E-state index is 0.105. The van der Waals surface area contributed by atoms with Gasteiger partial charge in [0.25, 0.3) is 11.8 Å². The Morgan fingerprint density at radius 3 is 2.29 bits per heavy atom.